The van der Waals surface area contributed by atoms with Crippen LogP contribution in [0.15, 0.2) is 12.3 Å². The molecule has 0 saturated carbocycles. The number of sulfone groups is 1. The summed E-state index contributed by atoms with van der Waals surface area (Å²) in [7, 11) is -2.93. The van der Waals surface area contributed by atoms with Crippen molar-refractivity contribution in [2.45, 2.75) is 25.8 Å². The maximum atomic E-state index is 12.1. The molecule has 8 heteroatoms. The van der Waals surface area contributed by atoms with E-state index in [0.29, 0.717) is 35.8 Å². The molecule has 2 heterocycles. The zero-order valence-electron chi connectivity index (χ0n) is 11.7. The average molecular weight is 332 g/mol. The number of carbonyl (C=O) groups is 1. The number of aromatic nitrogens is 1. The van der Waals surface area contributed by atoms with Gasteiger partial charge in [-0.05, 0) is 25.8 Å². The molecule has 2 N–H and O–H groups in total. The highest BCUT2D eigenvalue weighted by molar-refractivity contribution is 7.91. The van der Waals surface area contributed by atoms with Crippen LogP contribution in [0.2, 0.25) is 5.02 Å². The van der Waals surface area contributed by atoms with Crippen molar-refractivity contribution in [2.75, 3.05) is 23.4 Å². The summed E-state index contributed by atoms with van der Waals surface area (Å²) in [6, 6.07) is 1.44. The number of rotatable bonds is 4. The second kappa shape index (κ2) is 6.62. The molecule has 1 aromatic heterocycles. The Hall–Kier alpha value is -1.34. The van der Waals surface area contributed by atoms with E-state index in [1.807, 2.05) is 6.92 Å². The van der Waals surface area contributed by atoms with E-state index in [1.54, 1.807) is 6.07 Å². The van der Waals surface area contributed by atoms with Crippen LogP contribution in [0.1, 0.15) is 30.1 Å². The molecular formula is C13H18ClN3O3S. The van der Waals surface area contributed by atoms with Crippen molar-refractivity contribution >= 4 is 33.2 Å². The molecule has 0 bridgehead atoms. The van der Waals surface area contributed by atoms with Crippen LogP contribution >= 0.6 is 11.6 Å². The molecule has 0 aromatic carbocycles. The molecule has 0 radical (unpaired) electrons. The van der Waals surface area contributed by atoms with Gasteiger partial charge in [0.05, 0.1) is 22.1 Å². The van der Waals surface area contributed by atoms with E-state index in [0.717, 1.165) is 0 Å². The first-order chi connectivity index (χ1) is 9.91. The fourth-order valence-corrected chi connectivity index (χ4v) is 3.89. The third-order valence-corrected chi connectivity index (χ3v) is 5.34. The fourth-order valence-electron chi connectivity index (χ4n) is 2.16. The SMILES string of the molecule is CCNc1ncc(C(=O)NC2CCS(=O)(=O)CC2)cc1Cl. The number of anilines is 1. The minimum Gasteiger partial charge on any atom is -0.369 e. The van der Waals surface area contributed by atoms with E-state index >= 15 is 0 Å². The monoisotopic (exact) mass is 331 g/mol. The van der Waals surface area contributed by atoms with Crippen molar-refractivity contribution in [1.29, 1.82) is 0 Å². The Labute approximate surface area is 129 Å². The Morgan fingerprint density at radius 3 is 2.67 bits per heavy atom. The highest BCUT2D eigenvalue weighted by atomic mass is 35.5. The van der Waals surface area contributed by atoms with Gasteiger partial charge in [0, 0.05) is 18.8 Å². The van der Waals surface area contributed by atoms with E-state index in [2.05, 4.69) is 15.6 Å². The van der Waals surface area contributed by atoms with Gasteiger partial charge in [-0.15, -0.1) is 0 Å². The normalized spacial score (nSPS) is 18.2. The van der Waals surface area contributed by atoms with Crippen LogP contribution in [0.3, 0.4) is 0 Å². The van der Waals surface area contributed by atoms with Crippen molar-refractivity contribution in [3.63, 3.8) is 0 Å². The van der Waals surface area contributed by atoms with Gasteiger partial charge in [0.2, 0.25) is 0 Å². The summed E-state index contributed by atoms with van der Waals surface area (Å²) in [5.41, 5.74) is 0.370. The molecule has 1 aromatic rings. The molecular weight excluding hydrogens is 314 g/mol. The molecule has 0 unspecified atom stereocenters. The largest absolute Gasteiger partial charge is 0.369 e. The van der Waals surface area contributed by atoms with Crippen LogP contribution in [-0.2, 0) is 9.84 Å². The number of hydrogen-bond acceptors (Lipinski definition) is 5. The summed E-state index contributed by atoms with van der Waals surface area (Å²) in [6.07, 6.45) is 2.36. The van der Waals surface area contributed by atoms with Gasteiger partial charge in [-0.1, -0.05) is 11.6 Å². The molecule has 1 aliphatic heterocycles. The van der Waals surface area contributed by atoms with Gasteiger partial charge < -0.3 is 10.6 Å². The first-order valence-electron chi connectivity index (χ1n) is 6.82. The predicted octanol–water partition coefficient (Wildman–Crippen LogP) is 1.47. The van der Waals surface area contributed by atoms with Gasteiger partial charge in [-0.3, -0.25) is 4.79 Å². The number of carbonyl (C=O) groups excluding carboxylic acids is 1. The Morgan fingerprint density at radius 1 is 1.43 bits per heavy atom. The Kier molecular flexibility index (Phi) is 5.05. The summed E-state index contributed by atoms with van der Waals surface area (Å²) in [5.74, 6) is 0.503. The summed E-state index contributed by atoms with van der Waals surface area (Å²) >= 11 is 6.05. The number of hydrogen-bond donors (Lipinski definition) is 2. The molecule has 1 amide bonds. The van der Waals surface area contributed by atoms with Gasteiger partial charge in [0.15, 0.2) is 0 Å². The molecule has 1 saturated heterocycles. The highest BCUT2D eigenvalue weighted by Gasteiger charge is 2.25. The molecule has 116 valence electrons. The molecule has 0 atom stereocenters. The first kappa shape index (κ1) is 16.0. The van der Waals surface area contributed by atoms with Crippen LogP contribution in [-0.4, -0.2) is 43.4 Å². The van der Waals surface area contributed by atoms with Crippen molar-refractivity contribution in [1.82, 2.24) is 10.3 Å². The van der Waals surface area contributed by atoms with Crippen LogP contribution in [0.4, 0.5) is 5.82 Å². The lowest BCUT2D eigenvalue weighted by molar-refractivity contribution is 0.0934. The van der Waals surface area contributed by atoms with Crippen molar-refractivity contribution in [3.05, 3.63) is 22.8 Å². The second-order valence-electron chi connectivity index (χ2n) is 4.98. The number of amides is 1. The lowest BCUT2D eigenvalue weighted by Gasteiger charge is -2.23. The Bertz CT molecular complexity index is 620. The van der Waals surface area contributed by atoms with Crippen molar-refractivity contribution in [2.24, 2.45) is 0 Å². The summed E-state index contributed by atoms with van der Waals surface area (Å²) in [6.45, 7) is 2.62. The number of halogens is 1. The quantitative estimate of drug-likeness (QED) is 0.872. The van der Waals surface area contributed by atoms with Gasteiger partial charge in [0.25, 0.3) is 5.91 Å². The second-order valence-corrected chi connectivity index (χ2v) is 7.70. The number of nitrogens with one attached hydrogen (secondary N) is 2. The predicted molar refractivity (Wildman–Crippen MR) is 82.6 cm³/mol. The topological polar surface area (TPSA) is 88.2 Å². The molecule has 2 rings (SSSR count). The lowest BCUT2D eigenvalue weighted by atomic mass is 10.1. The van der Waals surface area contributed by atoms with Crippen LogP contribution in [0, 0.1) is 0 Å². The van der Waals surface area contributed by atoms with Gasteiger partial charge in [-0.2, -0.15) is 0 Å². The van der Waals surface area contributed by atoms with E-state index in [4.69, 9.17) is 11.6 Å². The summed E-state index contributed by atoms with van der Waals surface area (Å²) in [4.78, 5) is 16.2. The molecule has 0 spiro atoms. The van der Waals surface area contributed by atoms with Gasteiger partial charge in [-0.25, -0.2) is 13.4 Å². The van der Waals surface area contributed by atoms with Crippen LogP contribution in [0.5, 0.6) is 0 Å². The highest BCUT2D eigenvalue weighted by Crippen LogP contribution is 2.20. The molecule has 0 aliphatic carbocycles. The molecule has 21 heavy (non-hydrogen) atoms. The average Bonchev–Trinajstić information content (AvgIpc) is 2.43. The summed E-state index contributed by atoms with van der Waals surface area (Å²) in [5, 5.41) is 6.20. The molecule has 1 fully saturated rings. The maximum absolute atomic E-state index is 12.1. The zero-order chi connectivity index (χ0) is 15.5. The zero-order valence-corrected chi connectivity index (χ0v) is 13.3. The maximum Gasteiger partial charge on any atom is 0.253 e. The molecule has 6 nitrogen and oxygen atoms in total. The van der Waals surface area contributed by atoms with Crippen LogP contribution < -0.4 is 10.6 Å². The number of nitrogens with zero attached hydrogens (tertiary/aromatic N) is 1. The van der Waals surface area contributed by atoms with Gasteiger partial charge >= 0.3 is 0 Å². The third kappa shape index (κ3) is 4.31. The fraction of sp³-hybridized carbons (Fsp3) is 0.538. The lowest BCUT2D eigenvalue weighted by Crippen LogP contribution is -2.40. The van der Waals surface area contributed by atoms with Crippen molar-refractivity contribution < 1.29 is 13.2 Å². The van der Waals surface area contributed by atoms with Crippen molar-refractivity contribution in [3.8, 4) is 0 Å². The standard InChI is InChI=1S/C13H18ClN3O3S/c1-2-15-12-11(14)7-9(8-16-12)13(18)17-10-3-5-21(19,20)6-4-10/h7-8,10H,2-6H2,1H3,(H,15,16)(H,17,18). The molecule has 1 aliphatic rings. The first-order valence-corrected chi connectivity index (χ1v) is 9.02. The van der Waals surface area contributed by atoms with E-state index in [9.17, 15) is 13.2 Å². The minimum absolute atomic E-state index is 0.117. The van der Waals surface area contributed by atoms with Gasteiger partial charge in [0.1, 0.15) is 15.7 Å². The Morgan fingerprint density at radius 2 is 2.10 bits per heavy atom. The smallest absolute Gasteiger partial charge is 0.253 e. The van der Waals surface area contributed by atoms with Crippen LogP contribution in [0.25, 0.3) is 0 Å². The number of pyridine rings is 1. The summed E-state index contributed by atoms with van der Waals surface area (Å²) < 4.78 is 22.7. The minimum atomic E-state index is -2.93. The van der Waals surface area contributed by atoms with E-state index in [1.165, 1.54) is 6.20 Å². The van der Waals surface area contributed by atoms with E-state index < -0.39 is 9.84 Å². The van der Waals surface area contributed by atoms with E-state index in [-0.39, 0.29) is 23.5 Å². The third-order valence-electron chi connectivity index (χ3n) is 3.34. The Balaban J connectivity index is 1.99.